The number of rotatable bonds is 3. The Morgan fingerprint density at radius 2 is 2.00 bits per heavy atom. The van der Waals surface area contributed by atoms with E-state index in [1.165, 1.54) is 6.92 Å². The highest BCUT2D eigenvalue weighted by molar-refractivity contribution is 5.96. The first-order valence-electron chi connectivity index (χ1n) is 5.32. The highest BCUT2D eigenvalue weighted by atomic mass is 19.4. The minimum absolute atomic E-state index is 0.0351. The molecule has 7 heteroatoms. The Morgan fingerprint density at radius 3 is 2.50 bits per heavy atom. The number of amides is 1. The molecular weight excluding hydrogens is 247 g/mol. The van der Waals surface area contributed by atoms with Crippen LogP contribution in [0.15, 0.2) is 12.3 Å². The lowest BCUT2D eigenvalue weighted by molar-refractivity contribution is -0.138. The third-order valence-electron chi connectivity index (χ3n) is 2.15. The third kappa shape index (κ3) is 3.43. The third-order valence-corrected chi connectivity index (χ3v) is 2.15. The highest BCUT2D eigenvalue weighted by Crippen LogP contribution is 2.32. The zero-order valence-corrected chi connectivity index (χ0v) is 10.2. The average Bonchev–Trinajstić information content (AvgIpc) is 2.24. The molecule has 0 aliphatic rings. The summed E-state index contributed by atoms with van der Waals surface area (Å²) in [4.78, 5) is 15.4. The summed E-state index contributed by atoms with van der Waals surface area (Å²) in [5.74, 6) is -0.846. The fraction of sp³-hybridized carbons (Fsp3) is 0.455. The van der Waals surface area contributed by atoms with Gasteiger partial charge in [0.1, 0.15) is 0 Å². The van der Waals surface area contributed by atoms with E-state index in [9.17, 15) is 18.0 Å². The van der Waals surface area contributed by atoms with E-state index in [4.69, 9.17) is 0 Å². The largest absolute Gasteiger partial charge is 0.417 e. The Bertz CT molecular complexity index is 444. The van der Waals surface area contributed by atoms with Gasteiger partial charge in [-0.25, -0.2) is 5.43 Å². The Morgan fingerprint density at radius 1 is 1.39 bits per heavy atom. The van der Waals surface area contributed by atoms with Crippen LogP contribution in [0.2, 0.25) is 0 Å². The number of aryl methyl sites for hydroxylation is 1. The summed E-state index contributed by atoms with van der Waals surface area (Å²) in [5, 5.41) is 0. The van der Waals surface area contributed by atoms with Crippen molar-refractivity contribution in [3.05, 3.63) is 29.1 Å². The van der Waals surface area contributed by atoms with Crippen molar-refractivity contribution < 1.29 is 18.0 Å². The molecule has 18 heavy (non-hydrogen) atoms. The van der Waals surface area contributed by atoms with Crippen molar-refractivity contribution in [2.45, 2.75) is 33.0 Å². The number of alkyl halides is 3. The molecule has 0 saturated heterocycles. The molecule has 1 aromatic rings. The SMILES string of the molecule is Cc1nccc(C(F)(F)F)c1C(=O)NNC(C)C. The molecule has 0 aliphatic heterocycles. The van der Waals surface area contributed by atoms with E-state index >= 15 is 0 Å². The van der Waals surface area contributed by atoms with Crippen LogP contribution in [0.5, 0.6) is 0 Å². The molecule has 1 heterocycles. The van der Waals surface area contributed by atoms with Gasteiger partial charge in [0.25, 0.3) is 5.91 Å². The normalized spacial score (nSPS) is 11.7. The maximum absolute atomic E-state index is 12.8. The first-order valence-corrected chi connectivity index (χ1v) is 5.32. The number of carbonyl (C=O) groups is 1. The molecule has 4 nitrogen and oxygen atoms in total. The Hall–Kier alpha value is -1.63. The van der Waals surface area contributed by atoms with Crippen molar-refractivity contribution in [3.8, 4) is 0 Å². The van der Waals surface area contributed by atoms with E-state index in [0.29, 0.717) is 0 Å². The molecule has 0 bridgehead atoms. The lowest BCUT2D eigenvalue weighted by Gasteiger charge is -2.15. The monoisotopic (exact) mass is 261 g/mol. The molecular formula is C11H14F3N3O. The van der Waals surface area contributed by atoms with E-state index in [1.807, 2.05) is 0 Å². The van der Waals surface area contributed by atoms with Crippen LogP contribution >= 0.6 is 0 Å². The molecule has 0 fully saturated rings. The number of aromatic nitrogens is 1. The van der Waals surface area contributed by atoms with Crippen molar-refractivity contribution in [1.82, 2.24) is 15.8 Å². The number of pyridine rings is 1. The van der Waals surface area contributed by atoms with Crippen LogP contribution in [0.1, 0.15) is 35.5 Å². The number of nitrogens with one attached hydrogen (secondary N) is 2. The van der Waals surface area contributed by atoms with Gasteiger partial charge < -0.3 is 0 Å². The summed E-state index contributed by atoms with van der Waals surface area (Å²) in [6, 6.07) is 0.706. The van der Waals surface area contributed by atoms with E-state index in [2.05, 4.69) is 15.8 Å². The molecule has 0 spiro atoms. The zero-order chi connectivity index (χ0) is 13.9. The predicted octanol–water partition coefficient (Wildman–Crippen LogP) is 2.05. The van der Waals surface area contributed by atoms with E-state index in [1.54, 1.807) is 13.8 Å². The first-order chi connectivity index (χ1) is 8.23. The molecule has 0 aliphatic carbocycles. The first kappa shape index (κ1) is 14.4. The average molecular weight is 261 g/mol. The summed E-state index contributed by atoms with van der Waals surface area (Å²) < 4.78 is 38.3. The van der Waals surface area contributed by atoms with Crippen LogP contribution in [0.4, 0.5) is 13.2 Å². The van der Waals surface area contributed by atoms with Crippen molar-refractivity contribution in [1.29, 1.82) is 0 Å². The van der Waals surface area contributed by atoms with Crippen molar-refractivity contribution in [3.63, 3.8) is 0 Å². The Kier molecular flexibility index (Phi) is 4.28. The molecule has 1 rings (SSSR count). The van der Waals surface area contributed by atoms with Gasteiger partial charge in [0.15, 0.2) is 0 Å². The van der Waals surface area contributed by atoms with Gasteiger partial charge >= 0.3 is 6.18 Å². The minimum Gasteiger partial charge on any atom is -0.287 e. The van der Waals surface area contributed by atoms with Crippen LogP contribution in [0, 0.1) is 6.92 Å². The van der Waals surface area contributed by atoms with Crippen LogP contribution in [-0.2, 0) is 6.18 Å². The smallest absolute Gasteiger partial charge is 0.287 e. The maximum atomic E-state index is 12.8. The van der Waals surface area contributed by atoms with Crippen LogP contribution in [-0.4, -0.2) is 16.9 Å². The van der Waals surface area contributed by atoms with Crippen molar-refractivity contribution >= 4 is 5.91 Å². The van der Waals surface area contributed by atoms with Crippen LogP contribution < -0.4 is 10.9 Å². The number of carbonyl (C=O) groups excluding carboxylic acids is 1. The molecule has 100 valence electrons. The molecule has 0 radical (unpaired) electrons. The quantitative estimate of drug-likeness (QED) is 0.819. The highest BCUT2D eigenvalue weighted by Gasteiger charge is 2.36. The second-order valence-corrected chi connectivity index (χ2v) is 4.07. The fourth-order valence-electron chi connectivity index (χ4n) is 1.36. The van der Waals surface area contributed by atoms with Gasteiger partial charge in [-0.3, -0.25) is 15.2 Å². The lowest BCUT2D eigenvalue weighted by atomic mass is 10.1. The molecule has 1 aromatic heterocycles. The Balaban J connectivity index is 3.10. The summed E-state index contributed by atoms with van der Waals surface area (Å²) in [6.45, 7) is 4.86. The second kappa shape index (κ2) is 5.34. The van der Waals surface area contributed by atoms with Gasteiger partial charge in [0.2, 0.25) is 0 Å². The zero-order valence-electron chi connectivity index (χ0n) is 10.2. The molecule has 2 N–H and O–H groups in total. The van der Waals surface area contributed by atoms with Crippen molar-refractivity contribution in [2.24, 2.45) is 0 Å². The van der Waals surface area contributed by atoms with Gasteiger partial charge in [-0.05, 0) is 26.8 Å². The molecule has 0 aromatic carbocycles. The molecule has 0 saturated carbocycles. The van der Waals surface area contributed by atoms with Gasteiger partial charge in [0.05, 0.1) is 16.8 Å². The maximum Gasteiger partial charge on any atom is 0.417 e. The lowest BCUT2D eigenvalue weighted by Crippen LogP contribution is -2.42. The summed E-state index contributed by atoms with van der Waals surface area (Å²) in [5.41, 5.74) is 3.36. The van der Waals surface area contributed by atoms with E-state index in [0.717, 1.165) is 12.3 Å². The number of hydrogen-bond donors (Lipinski definition) is 2. The van der Waals surface area contributed by atoms with Gasteiger partial charge in [0, 0.05) is 12.2 Å². The van der Waals surface area contributed by atoms with E-state index in [-0.39, 0.29) is 11.7 Å². The number of nitrogens with zero attached hydrogens (tertiary/aromatic N) is 1. The van der Waals surface area contributed by atoms with Crippen LogP contribution in [0.3, 0.4) is 0 Å². The summed E-state index contributed by atoms with van der Waals surface area (Å²) in [7, 11) is 0. The molecule has 0 unspecified atom stereocenters. The minimum atomic E-state index is -4.59. The van der Waals surface area contributed by atoms with Gasteiger partial charge in [-0.15, -0.1) is 0 Å². The second-order valence-electron chi connectivity index (χ2n) is 4.07. The predicted molar refractivity (Wildman–Crippen MR) is 59.7 cm³/mol. The summed E-state index contributed by atoms with van der Waals surface area (Å²) >= 11 is 0. The van der Waals surface area contributed by atoms with E-state index < -0.39 is 23.2 Å². The number of hydrazine groups is 1. The van der Waals surface area contributed by atoms with Crippen molar-refractivity contribution in [2.75, 3.05) is 0 Å². The number of halogens is 3. The topological polar surface area (TPSA) is 54.0 Å². The molecule has 0 atom stereocenters. The van der Waals surface area contributed by atoms with Gasteiger partial charge in [-0.2, -0.15) is 13.2 Å². The van der Waals surface area contributed by atoms with Crippen LogP contribution in [0.25, 0.3) is 0 Å². The molecule has 1 amide bonds. The summed E-state index contributed by atoms with van der Waals surface area (Å²) in [6.07, 6.45) is -3.55. The van der Waals surface area contributed by atoms with Gasteiger partial charge in [-0.1, -0.05) is 0 Å². The standard InChI is InChI=1S/C11H14F3N3O/c1-6(2)16-17-10(18)9-7(3)15-5-4-8(9)11(12,13)14/h4-6,16H,1-3H3,(H,17,18). The fourth-order valence-corrected chi connectivity index (χ4v) is 1.36. The Labute approximate surface area is 103 Å². The number of hydrogen-bond acceptors (Lipinski definition) is 3.